The van der Waals surface area contributed by atoms with Crippen molar-refractivity contribution >= 4 is 52.4 Å². The number of rotatable bonds is 4. The van der Waals surface area contributed by atoms with E-state index in [0.717, 1.165) is 16.0 Å². The molecule has 0 bridgehead atoms. The van der Waals surface area contributed by atoms with E-state index in [2.05, 4.69) is 16.0 Å². The molecule has 3 heterocycles. The van der Waals surface area contributed by atoms with Crippen molar-refractivity contribution in [2.45, 2.75) is 45.3 Å². The van der Waals surface area contributed by atoms with Gasteiger partial charge in [-0.3, -0.25) is 19.7 Å². The summed E-state index contributed by atoms with van der Waals surface area (Å²) < 4.78 is 0. The van der Waals surface area contributed by atoms with Crippen LogP contribution in [0.4, 0.5) is 10.5 Å². The van der Waals surface area contributed by atoms with E-state index in [1.807, 2.05) is 19.1 Å². The molecule has 8 nitrogen and oxygen atoms in total. The number of hydrogen-bond donors (Lipinski definition) is 3. The molecule has 31 heavy (non-hydrogen) atoms. The molecule has 10 heteroatoms. The molecule has 1 aromatic heterocycles. The van der Waals surface area contributed by atoms with Crippen molar-refractivity contribution in [3.05, 3.63) is 50.2 Å². The van der Waals surface area contributed by atoms with E-state index < -0.39 is 11.9 Å². The largest absolute Gasteiger partial charge is 0.333 e. The summed E-state index contributed by atoms with van der Waals surface area (Å²) in [7, 11) is 0. The second-order valence-electron chi connectivity index (χ2n) is 7.59. The van der Waals surface area contributed by atoms with Crippen LogP contribution in [0.25, 0.3) is 0 Å². The molecule has 1 aromatic carbocycles. The van der Waals surface area contributed by atoms with E-state index in [4.69, 9.17) is 11.6 Å². The van der Waals surface area contributed by atoms with E-state index in [1.54, 1.807) is 12.1 Å². The molecule has 3 N–H and O–H groups in total. The molecule has 4 rings (SSSR count). The SMILES string of the molecule is Cc1ccc(NC(=O)NCc2cc3c(s2)C(=O)N([C@H]2CCCC(=O)NC2=O)C3)cc1Cl. The van der Waals surface area contributed by atoms with Crippen molar-refractivity contribution in [1.82, 2.24) is 15.5 Å². The number of hydrogen-bond acceptors (Lipinski definition) is 5. The van der Waals surface area contributed by atoms with Crippen LogP contribution in [0.2, 0.25) is 5.02 Å². The zero-order valence-electron chi connectivity index (χ0n) is 16.8. The fourth-order valence-corrected chi connectivity index (χ4v) is 4.94. The third kappa shape index (κ3) is 4.57. The van der Waals surface area contributed by atoms with E-state index in [1.165, 1.54) is 16.2 Å². The summed E-state index contributed by atoms with van der Waals surface area (Å²) >= 11 is 7.38. The van der Waals surface area contributed by atoms with Crippen LogP contribution < -0.4 is 16.0 Å². The van der Waals surface area contributed by atoms with Crippen LogP contribution in [0.1, 0.15) is 44.9 Å². The number of halogens is 1. The highest BCUT2D eigenvalue weighted by molar-refractivity contribution is 7.14. The lowest BCUT2D eigenvalue weighted by molar-refractivity contribution is -0.132. The van der Waals surface area contributed by atoms with Gasteiger partial charge in [0.05, 0.1) is 11.4 Å². The Morgan fingerprint density at radius 1 is 1.29 bits per heavy atom. The van der Waals surface area contributed by atoms with Crippen LogP contribution in [0.3, 0.4) is 0 Å². The first-order valence-corrected chi connectivity index (χ1v) is 11.1. The molecule has 2 aliphatic rings. The molecule has 162 valence electrons. The minimum atomic E-state index is -0.632. The second kappa shape index (κ2) is 8.68. The van der Waals surface area contributed by atoms with Gasteiger partial charge in [0.2, 0.25) is 11.8 Å². The van der Waals surface area contributed by atoms with Crippen LogP contribution in [0.5, 0.6) is 0 Å². The maximum atomic E-state index is 12.8. The molecule has 0 saturated carbocycles. The Morgan fingerprint density at radius 3 is 2.84 bits per heavy atom. The molecule has 5 amide bonds. The fourth-order valence-electron chi connectivity index (χ4n) is 3.69. The van der Waals surface area contributed by atoms with Crippen molar-refractivity contribution in [1.29, 1.82) is 0 Å². The lowest BCUT2D eigenvalue weighted by Crippen LogP contribution is -2.46. The smallest absolute Gasteiger partial charge is 0.319 e. The summed E-state index contributed by atoms with van der Waals surface area (Å²) in [5.41, 5.74) is 2.35. The van der Waals surface area contributed by atoms with E-state index in [9.17, 15) is 19.2 Å². The van der Waals surface area contributed by atoms with Gasteiger partial charge >= 0.3 is 6.03 Å². The molecular weight excluding hydrogens is 440 g/mol. The maximum Gasteiger partial charge on any atom is 0.319 e. The Bertz CT molecular complexity index is 1080. The number of fused-ring (bicyclic) bond motifs is 1. The van der Waals surface area contributed by atoms with Crippen LogP contribution in [-0.2, 0) is 22.7 Å². The number of carbonyl (C=O) groups excluding carboxylic acids is 4. The molecule has 2 aliphatic heterocycles. The van der Waals surface area contributed by atoms with Gasteiger partial charge in [-0.1, -0.05) is 17.7 Å². The lowest BCUT2D eigenvalue weighted by atomic mass is 10.1. The Morgan fingerprint density at radius 2 is 2.10 bits per heavy atom. The molecule has 0 spiro atoms. The number of amides is 5. The summed E-state index contributed by atoms with van der Waals surface area (Å²) in [6.07, 6.45) is 1.32. The lowest BCUT2D eigenvalue weighted by Gasteiger charge is -2.24. The highest BCUT2D eigenvalue weighted by Crippen LogP contribution is 2.33. The molecule has 1 saturated heterocycles. The standard InChI is InChI=1S/C21H21ClN4O4S/c1-11-5-6-13(8-15(11)22)24-21(30)23-9-14-7-12-10-26(20(29)18(12)31-14)16-3-2-4-17(27)25-19(16)28/h5-8,16H,2-4,9-10H2,1H3,(H2,23,24,30)(H,25,27,28)/t16-/m0/s1. The van der Waals surface area contributed by atoms with Crippen molar-refractivity contribution in [2.75, 3.05) is 5.32 Å². The minimum Gasteiger partial charge on any atom is -0.333 e. The van der Waals surface area contributed by atoms with Crippen molar-refractivity contribution in [3.63, 3.8) is 0 Å². The average Bonchev–Trinajstić information content (AvgIpc) is 3.19. The molecule has 1 fully saturated rings. The third-order valence-electron chi connectivity index (χ3n) is 5.33. The summed E-state index contributed by atoms with van der Waals surface area (Å²) in [6.45, 7) is 2.48. The summed E-state index contributed by atoms with van der Waals surface area (Å²) in [6, 6.07) is 6.14. The third-order valence-corrected chi connectivity index (χ3v) is 6.90. The zero-order valence-corrected chi connectivity index (χ0v) is 18.4. The first-order valence-electron chi connectivity index (χ1n) is 9.89. The van der Waals surface area contributed by atoms with Gasteiger partial charge in [-0.05, 0) is 49.1 Å². The monoisotopic (exact) mass is 460 g/mol. The summed E-state index contributed by atoms with van der Waals surface area (Å²) in [5.74, 6) is -0.922. The van der Waals surface area contributed by atoms with Crippen molar-refractivity contribution in [2.24, 2.45) is 0 Å². The Balaban J connectivity index is 1.35. The molecular formula is C21H21ClN4O4S. The Hall–Kier alpha value is -2.91. The van der Waals surface area contributed by atoms with Gasteiger partial charge < -0.3 is 15.5 Å². The maximum absolute atomic E-state index is 12.8. The molecule has 0 aliphatic carbocycles. The van der Waals surface area contributed by atoms with Crippen LogP contribution in [0, 0.1) is 6.92 Å². The first kappa shape index (κ1) is 21.3. The van der Waals surface area contributed by atoms with E-state index >= 15 is 0 Å². The van der Waals surface area contributed by atoms with Gasteiger partial charge in [-0.25, -0.2) is 4.79 Å². The quantitative estimate of drug-likeness (QED) is 0.609. The number of anilines is 1. The van der Waals surface area contributed by atoms with E-state index in [0.29, 0.717) is 41.4 Å². The predicted molar refractivity (Wildman–Crippen MR) is 117 cm³/mol. The Labute approximate surface area is 187 Å². The van der Waals surface area contributed by atoms with Gasteiger partial charge in [0.25, 0.3) is 5.91 Å². The van der Waals surface area contributed by atoms with Gasteiger partial charge in [0.1, 0.15) is 6.04 Å². The Kier molecular flexibility index (Phi) is 5.97. The highest BCUT2D eigenvalue weighted by Gasteiger charge is 2.39. The second-order valence-corrected chi connectivity index (χ2v) is 9.14. The summed E-state index contributed by atoms with van der Waals surface area (Å²) in [4.78, 5) is 51.8. The van der Waals surface area contributed by atoms with Gasteiger partial charge in [0, 0.05) is 28.6 Å². The number of thiophene rings is 1. The predicted octanol–water partition coefficient (Wildman–Crippen LogP) is 3.18. The van der Waals surface area contributed by atoms with Gasteiger partial charge in [-0.15, -0.1) is 11.3 Å². The van der Waals surface area contributed by atoms with E-state index in [-0.39, 0.29) is 24.4 Å². The number of urea groups is 1. The average molecular weight is 461 g/mol. The number of aryl methyl sites for hydroxylation is 1. The number of imide groups is 1. The van der Waals surface area contributed by atoms with Crippen LogP contribution >= 0.6 is 22.9 Å². The fraction of sp³-hybridized carbons (Fsp3) is 0.333. The molecule has 1 atom stereocenters. The van der Waals surface area contributed by atoms with Gasteiger partial charge in [0.15, 0.2) is 0 Å². The van der Waals surface area contributed by atoms with Gasteiger partial charge in [-0.2, -0.15) is 0 Å². The highest BCUT2D eigenvalue weighted by atomic mass is 35.5. The van der Waals surface area contributed by atoms with Crippen molar-refractivity contribution < 1.29 is 19.2 Å². The summed E-state index contributed by atoms with van der Waals surface area (Å²) in [5, 5.41) is 8.42. The normalized spacial score (nSPS) is 18.5. The first-order chi connectivity index (χ1) is 14.8. The van der Waals surface area contributed by atoms with Crippen LogP contribution in [0.15, 0.2) is 24.3 Å². The molecule has 0 unspecified atom stereocenters. The minimum absolute atomic E-state index is 0.209. The number of carbonyl (C=O) groups is 4. The number of benzene rings is 1. The van der Waals surface area contributed by atoms with Crippen molar-refractivity contribution in [3.8, 4) is 0 Å². The topological polar surface area (TPSA) is 108 Å². The molecule has 0 radical (unpaired) electrons. The number of nitrogens with one attached hydrogen (secondary N) is 3. The molecule has 2 aromatic rings. The zero-order chi connectivity index (χ0) is 22.1. The van der Waals surface area contributed by atoms with Crippen LogP contribution in [-0.4, -0.2) is 34.7 Å². The number of nitrogens with zero attached hydrogens (tertiary/aromatic N) is 1.